The maximum Gasteiger partial charge on any atom is 0.257 e. The number of aliphatic imine (C=N–C) groups is 1. The second-order valence-corrected chi connectivity index (χ2v) is 5.81. The molecule has 0 bridgehead atoms. The second kappa shape index (κ2) is 7.25. The second-order valence-electron chi connectivity index (χ2n) is 5.81. The molecular formula is C19H18FN3O2. The Kier molecular flexibility index (Phi) is 4.88. The van der Waals surface area contributed by atoms with Gasteiger partial charge in [-0.2, -0.15) is 0 Å². The van der Waals surface area contributed by atoms with E-state index in [1.54, 1.807) is 24.3 Å². The number of benzene rings is 2. The van der Waals surface area contributed by atoms with Gasteiger partial charge in [0.15, 0.2) is 0 Å². The first kappa shape index (κ1) is 16.8. The number of aryl methyl sites for hydroxylation is 1. The van der Waals surface area contributed by atoms with Gasteiger partial charge in [0.25, 0.3) is 5.91 Å². The third-order valence-electron chi connectivity index (χ3n) is 4.01. The molecule has 0 aliphatic carbocycles. The number of carbonyl (C=O) groups excluding carboxylic acids is 2. The largest absolute Gasteiger partial charge is 0.296 e. The Morgan fingerprint density at radius 1 is 1.28 bits per heavy atom. The van der Waals surface area contributed by atoms with Crippen LogP contribution in [0.15, 0.2) is 53.5 Å². The fraction of sp³-hybridized carbons (Fsp3) is 0.211. The van der Waals surface area contributed by atoms with Gasteiger partial charge >= 0.3 is 0 Å². The summed E-state index contributed by atoms with van der Waals surface area (Å²) in [4.78, 5) is 28.5. The topological polar surface area (TPSA) is 70.6 Å². The number of amides is 2. The molecule has 1 atom stereocenters. The van der Waals surface area contributed by atoms with E-state index in [0.717, 1.165) is 12.0 Å². The minimum Gasteiger partial charge on any atom is -0.296 e. The van der Waals surface area contributed by atoms with Crippen molar-refractivity contribution in [1.29, 1.82) is 0 Å². The van der Waals surface area contributed by atoms with Gasteiger partial charge in [-0.15, -0.1) is 0 Å². The summed E-state index contributed by atoms with van der Waals surface area (Å²) >= 11 is 0. The molecular weight excluding hydrogens is 321 g/mol. The van der Waals surface area contributed by atoms with E-state index in [1.807, 2.05) is 19.1 Å². The van der Waals surface area contributed by atoms with Crippen molar-refractivity contribution in [3.8, 4) is 0 Å². The lowest BCUT2D eigenvalue weighted by Gasteiger charge is -2.21. The van der Waals surface area contributed by atoms with Crippen LogP contribution in [0.1, 0.15) is 40.9 Å². The van der Waals surface area contributed by atoms with Gasteiger partial charge in [-0.3, -0.25) is 20.2 Å². The van der Waals surface area contributed by atoms with Crippen LogP contribution < -0.4 is 10.6 Å². The van der Waals surface area contributed by atoms with Gasteiger partial charge in [0.2, 0.25) is 11.9 Å². The van der Waals surface area contributed by atoms with E-state index >= 15 is 0 Å². The number of nitrogens with one attached hydrogen (secondary N) is 2. The highest BCUT2D eigenvalue weighted by Gasteiger charge is 2.24. The number of guanidine groups is 1. The van der Waals surface area contributed by atoms with Crippen LogP contribution in [-0.2, 0) is 11.2 Å². The Balaban J connectivity index is 1.77. The van der Waals surface area contributed by atoms with Gasteiger partial charge in [0.05, 0.1) is 12.5 Å². The minimum absolute atomic E-state index is 0.0788. The van der Waals surface area contributed by atoms with Crippen LogP contribution in [0.3, 0.4) is 0 Å². The summed E-state index contributed by atoms with van der Waals surface area (Å²) in [6.45, 7) is 2.04. The maximum atomic E-state index is 13.4. The summed E-state index contributed by atoms with van der Waals surface area (Å²) in [5.41, 5.74) is 2.20. The molecule has 128 valence electrons. The highest BCUT2D eigenvalue weighted by molar-refractivity contribution is 6.10. The molecule has 0 aromatic heterocycles. The highest BCUT2D eigenvalue weighted by atomic mass is 19.1. The molecule has 1 aliphatic heterocycles. The van der Waals surface area contributed by atoms with Crippen LogP contribution >= 0.6 is 0 Å². The smallest absolute Gasteiger partial charge is 0.257 e. The molecule has 1 aliphatic rings. The van der Waals surface area contributed by atoms with Gasteiger partial charge in [-0.25, -0.2) is 9.38 Å². The van der Waals surface area contributed by atoms with Crippen molar-refractivity contribution >= 4 is 17.8 Å². The van der Waals surface area contributed by atoms with Crippen molar-refractivity contribution in [3.05, 3.63) is 71.0 Å². The van der Waals surface area contributed by atoms with Crippen molar-refractivity contribution in [2.75, 3.05) is 0 Å². The zero-order chi connectivity index (χ0) is 17.8. The van der Waals surface area contributed by atoms with E-state index in [4.69, 9.17) is 0 Å². The van der Waals surface area contributed by atoms with Crippen LogP contribution in [-0.4, -0.2) is 17.8 Å². The number of hydrogen-bond donors (Lipinski definition) is 2. The average Bonchev–Trinajstić information content (AvgIpc) is 2.61. The monoisotopic (exact) mass is 339 g/mol. The normalized spacial score (nSPS) is 16.8. The van der Waals surface area contributed by atoms with Crippen molar-refractivity contribution < 1.29 is 14.0 Å². The van der Waals surface area contributed by atoms with Crippen LogP contribution in [0.4, 0.5) is 4.39 Å². The van der Waals surface area contributed by atoms with E-state index in [1.165, 1.54) is 12.1 Å². The predicted molar refractivity (Wildman–Crippen MR) is 92.6 cm³/mol. The van der Waals surface area contributed by atoms with Crippen LogP contribution in [0, 0.1) is 5.82 Å². The molecule has 0 radical (unpaired) electrons. The van der Waals surface area contributed by atoms with Gasteiger partial charge < -0.3 is 0 Å². The van der Waals surface area contributed by atoms with E-state index < -0.39 is 6.04 Å². The number of nitrogens with zero attached hydrogens (tertiary/aromatic N) is 1. The molecule has 2 amide bonds. The first-order valence-electron chi connectivity index (χ1n) is 8.08. The van der Waals surface area contributed by atoms with Gasteiger partial charge in [-0.05, 0) is 41.8 Å². The van der Waals surface area contributed by atoms with E-state index in [0.29, 0.717) is 11.1 Å². The van der Waals surface area contributed by atoms with E-state index in [2.05, 4.69) is 15.6 Å². The summed E-state index contributed by atoms with van der Waals surface area (Å²) in [6, 6.07) is 12.6. The van der Waals surface area contributed by atoms with Gasteiger partial charge in [-0.1, -0.05) is 31.2 Å². The molecule has 2 aromatic carbocycles. The molecule has 2 N–H and O–H groups in total. The summed E-state index contributed by atoms with van der Waals surface area (Å²) < 4.78 is 13.4. The zero-order valence-corrected chi connectivity index (χ0v) is 13.8. The molecule has 0 saturated heterocycles. The van der Waals surface area contributed by atoms with Crippen molar-refractivity contribution in [1.82, 2.24) is 10.6 Å². The molecule has 3 rings (SSSR count). The zero-order valence-electron chi connectivity index (χ0n) is 13.8. The minimum atomic E-state index is -0.526. The predicted octanol–water partition coefficient (Wildman–Crippen LogP) is 2.74. The van der Waals surface area contributed by atoms with Crippen LogP contribution in [0.25, 0.3) is 0 Å². The van der Waals surface area contributed by atoms with Crippen molar-refractivity contribution in [2.45, 2.75) is 25.8 Å². The molecule has 25 heavy (non-hydrogen) atoms. The lowest BCUT2D eigenvalue weighted by atomic mass is 10.0. The Morgan fingerprint density at radius 2 is 2.04 bits per heavy atom. The number of rotatable bonds is 3. The van der Waals surface area contributed by atoms with Crippen LogP contribution in [0.5, 0.6) is 0 Å². The number of carbonyl (C=O) groups is 2. The average molecular weight is 339 g/mol. The molecule has 0 spiro atoms. The summed E-state index contributed by atoms with van der Waals surface area (Å²) in [5, 5.41) is 5.14. The Hall–Kier alpha value is -3.02. The SMILES string of the molecule is CCc1ccc(C(=O)NC2=NC(c3cccc(F)c3)CC(=O)N2)cc1. The van der Waals surface area contributed by atoms with E-state index in [9.17, 15) is 14.0 Å². The third-order valence-corrected chi connectivity index (χ3v) is 4.01. The lowest BCUT2D eigenvalue weighted by Crippen LogP contribution is -2.47. The van der Waals surface area contributed by atoms with Crippen molar-refractivity contribution in [3.63, 3.8) is 0 Å². The van der Waals surface area contributed by atoms with Crippen LogP contribution in [0.2, 0.25) is 0 Å². The summed E-state index contributed by atoms with van der Waals surface area (Å²) in [7, 11) is 0. The molecule has 0 fully saturated rings. The molecule has 6 heteroatoms. The Morgan fingerprint density at radius 3 is 2.72 bits per heavy atom. The maximum absolute atomic E-state index is 13.4. The summed E-state index contributed by atoms with van der Waals surface area (Å²) in [6.07, 6.45) is 0.994. The Labute approximate surface area is 145 Å². The molecule has 1 unspecified atom stereocenters. The summed E-state index contributed by atoms with van der Waals surface area (Å²) in [5.74, 6) is -0.946. The Bertz CT molecular complexity index is 831. The third kappa shape index (κ3) is 4.09. The quantitative estimate of drug-likeness (QED) is 0.903. The first-order chi connectivity index (χ1) is 12.0. The number of hydrogen-bond acceptors (Lipinski definition) is 3. The lowest BCUT2D eigenvalue weighted by molar-refractivity contribution is -0.120. The molecule has 0 saturated carbocycles. The standard InChI is InChI=1S/C19H18FN3O2/c1-2-12-6-8-13(9-7-12)18(25)23-19-21-16(11-17(24)22-19)14-4-3-5-15(20)10-14/h3-10,16H,2,11H2,1H3,(H2,21,22,23,24,25). The van der Waals surface area contributed by atoms with Crippen molar-refractivity contribution in [2.24, 2.45) is 4.99 Å². The molecule has 2 aromatic rings. The fourth-order valence-corrected chi connectivity index (χ4v) is 2.63. The van der Waals surface area contributed by atoms with E-state index in [-0.39, 0.29) is 30.0 Å². The highest BCUT2D eigenvalue weighted by Crippen LogP contribution is 2.24. The fourth-order valence-electron chi connectivity index (χ4n) is 2.63. The van der Waals surface area contributed by atoms with Gasteiger partial charge in [0.1, 0.15) is 5.82 Å². The van der Waals surface area contributed by atoms with Gasteiger partial charge in [0, 0.05) is 5.56 Å². The first-order valence-corrected chi connectivity index (χ1v) is 8.08. The molecule has 5 nitrogen and oxygen atoms in total. The number of halogens is 1. The molecule has 1 heterocycles.